The number of nitrogens with zero attached hydrogens (tertiary/aromatic N) is 2. The summed E-state index contributed by atoms with van der Waals surface area (Å²) in [5, 5.41) is 12.8. The minimum Gasteiger partial charge on any atom is -0.478 e. The van der Waals surface area contributed by atoms with E-state index in [4.69, 9.17) is 16.3 Å². The lowest BCUT2D eigenvalue weighted by molar-refractivity contribution is 0.0696. The second-order valence-corrected chi connectivity index (χ2v) is 6.74. The number of anilines is 2. The van der Waals surface area contributed by atoms with E-state index in [0.717, 1.165) is 10.6 Å². The first-order valence-electron chi connectivity index (χ1n) is 7.18. The first-order chi connectivity index (χ1) is 11.1. The molecule has 0 bridgehead atoms. The van der Waals surface area contributed by atoms with E-state index < -0.39 is 5.97 Å². The number of carboxylic acids is 1. The molecule has 122 valence electrons. The molecule has 0 atom stereocenters. The van der Waals surface area contributed by atoms with Gasteiger partial charge in [0.1, 0.15) is 0 Å². The number of aromatic carboxylic acids is 1. The molecule has 1 aromatic carbocycles. The van der Waals surface area contributed by atoms with Crippen LogP contribution in [0.2, 0.25) is 4.47 Å². The van der Waals surface area contributed by atoms with Gasteiger partial charge in [0, 0.05) is 24.2 Å². The predicted molar refractivity (Wildman–Crippen MR) is 90.9 cm³/mol. The Morgan fingerprint density at radius 1 is 1.43 bits per heavy atom. The quantitative estimate of drug-likeness (QED) is 0.860. The molecule has 1 aromatic heterocycles. The second kappa shape index (κ2) is 7.16. The number of rotatable bonds is 5. The molecule has 2 heterocycles. The molecule has 6 nitrogen and oxygen atoms in total. The Kier molecular flexibility index (Phi) is 5.00. The SMILES string of the molecule is O=C(O)c1cccc(NCc2cnc(Cl)s2)c1N1CCOCC1. The Balaban J connectivity index is 1.88. The van der Waals surface area contributed by atoms with Crippen LogP contribution in [0, 0.1) is 0 Å². The first kappa shape index (κ1) is 16.0. The predicted octanol–water partition coefficient (Wildman–Crippen LogP) is 2.94. The Hall–Kier alpha value is -1.83. The lowest BCUT2D eigenvalue weighted by Gasteiger charge is -2.31. The number of nitrogens with one attached hydrogen (secondary N) is 1. The van der Waals surface area contributed by atoms with Crippen molar-refractivity contribution >= 4 is 40.3 Å². The Morgan fingerprint density at radius 3 is 2.87 bits per heavy atom. The van der Waals surface area contributed by atoms with Gasteiger partial charge in [-0.1, -0.05) is 17.7 Å². The standard InChI is InChI=1S/C15H16ClN3O3S/c16-15-18-9-10(23-15)8-17-12-3-1-2-11(14(20)21)13(12)19-4-6-22-7-5-19/h1-3,9,17H,4-8H2,(H,20,21). The van der Waals surface area contributed by atoms with Crippen molar-refractivity contribution in [3.63, 3.8) is 0 Å². The van der Waals surface area contributed by atoms with Crippen molar-refractivity contribution in [2.24, 2.45) is 0 Å². The van der Waals surface area contributed by atoms with E-state index in [1.54, 1.807) is 18.3 Å². The summed E-state index contributed by atoms with van der Waals surface area (Å²) in [4.78, 5) is 18.6. The molecule has 2 aromatic rings. The van der Waals surface area contributed by atoms with Crippen LogP contribution in [0.25, 0.3) is 0 Å². The molecule has 1 fully saturated rings. The molecule has 0 amide bonds. The van der Waals surface area contributed by atoms with Gasteiger partial charge in [-0.25, -0.2) is 9.78 Å². The summed E-state index contributed by atoms with van der Waals surface area (Å²) in [6.45, 7) is 3.08. The van der Waals surface area contributed by atoms with E-state index in [-0.39, 0.29) is 0 Å². The summed E-state index contributed by atoms with van der Waals surface area (Å²) in [6, 6.07) is 5.26. The van der Waals surface area contributed by atoms with Crippen LogP contribution in [0.1, 0.15) is 15.2 Å². The number of halogens is 1. The summed E-state index contributed by atoms with van der Waals surface area (Å²) in [5.41, 5.74) is 1.79. The first-order valence-corrected chi connectivity index (χ1v) is 8.37. The molecule has 0 spiro atoms. The molecule has 2 N–H and O–H groups in total. The van der Waals surface area contributed by atoms with E-state index in [1.165, 1.54) is 11.3 Å². The van der Waals surface area contributed by atoms with Gasteiger partial charge in [-0.2, -0.15) is 0 Å². The highest BCUT2D eigenvalue weighted by Gasteiger charge is 2.21. The number of aromatic nitrogens is 1. The summed E-state index contributed by atoms with van der Waals surface area (Å²) >= 11 is 7.24. The Morgan fingerprint density at radius 2 is 2.22 bits per heavy atom. The van der Waals surface area contributed by atoms with Crippen LogP contribution < -0.4 is 10.2 Å². The monoisotopic (exact) mass is 353 g/mol. The highest BCUT2D eigenvalue weighted by Crippen LogP contribution is 2.32. The molecule has 1 saturated heterocycles. The number of thiazole rings is 1. The summed E-state index contributed by atoms with van der Waals surface area (Å²) < 4.78 is 5.86. The van der Waals surface area contributed by atoms with Gasteiger partial charge in [0.15, 0.2) is 4.47 Å². The smallest absolute Gasteiger partial charge is 0.337 e. The fourth-order valence-electron chi connectivity index (χ4n) is 2.53. The summed E-state index contributed by atoms with van der Waals surface area (Å²) in [6.07, 6.45) is 1.72. The normalized spacial score (nSPS) is 14.7. The number of para-hydroxylation sites is 1. The van der Waals surface area contributed by atoms with Crippen LogP contribution in [0.3, 0.4) is 0 Å². The van der Waals surface area contributed by atoms with Gasteiger partial charge < -0.3 is 20.1 Å². The maximum absolute atomic E-state index is 11.6. The van der Waals surface area contributed by atoms with Gasteiger partial charge in [0.2, 0.25) is 0 Å². The topological polar surface area (TPSA) is 74.7 Å². The average Bonchev–Trinajstić information content (AvgIpc) is 2.98. The van der Waals surface area contributed by atoms with Crippen molar-refractivity contribution in [1.82, 2.24) is 4.98 Å². The fraction of sp³-hybridized carbons (Fsp3) is 0.333. The fourth-order valence-corrected chi connectivity index (χ4v) is 3.45. The molecular formula is C15H16ClN3O3S. The third kappa shape index (κ3) is 3.74. The van der Waals surface area contributed by atoms with E-state index in [2.05, 4.69) is 15.2 Å². The van der Waals surface area contributed by atoms with Gasteiger partial charge in [0.25, 0.3) is 0 Å². The average molecular weight is 354 g/mol. The zero-order valence-corrected chi connectivity index (χ0v) is 13.9. The van der Waals surface area contributed by atoms with Gasteiger partial charge in [-0.05, 0) is 12.1 Å². The van der Waals surface area contributed by atoms with Crippen molar-refractivity contribution in [3.8, 4) is 0 Å². The molecule has 1 aliphatic rings. The molecular weight excluding hydrogens is 338 g/mol. The molecule has 0 radical (unpaired) electrons. The maximum Gasteiger partial charge on any atom is 0.337 e. The molecule has 8 heteroatoms. The largest absolute Gasteiger partial charge is 0.478 e. The summed E-state index contributed by atoms with van der Waals surface area (Å²) in [5.74, 6) is -0.934. The molecule has 0 aliphatic carbocycles. The molecule has 0 saturated carbocycles. The van der Waals surface area contributed by atoms with Crippen molar-refractivity contribution in [1.29, 1.82) is 0 Å². The Bertz CT molecular complexity index is 701. The van der Waals surface area contributed by atoms with E-state index in [0.29, 0.717) is 48.6 Å². The highest BCUT2D eigenvalue weighted by molar-refractivity contribution is 7.15. The number of benzene rings is 1. The van der Waals surface area contributed by atoms with E-state index in [9.17, 15) is 9.90 Å². The number of ether oxygens (including phenoxy) is 1. The van der Waals surface area contributed by atoms with Crippen molar-refractivity contribution in [2.75, 3.05) is 36.5 Å². The number of hydrogen-bond donors (Lipinski definition) is 2. The third-order valence-electron chi connectivity index (χ3n) is 3.57. The Labute approximate surface area is 142 Å². The number of morpholine rings is 1. The zero-order chi connectivity index (χ0) is 16.2. The van der Waals surface area contributed by atoms with Gasteiger partial charge in [-0.15, -0.1) is 11.3 Å². The van der Waals surface area contributed by atoms with Crippen LogP contribution in [0.5, 0.6) is 0 Å². The van der Waals surface area contributed by atoms with Crippen molar-refractivity contribution < 1.29 is 14.6 Å². The van der Waals surface area contributed by atoms with Crippen molar-refractivity contribution in [3.05, 3.63) is 39.3 Å². The molecule has 23 heavy (non-hydrogen) atoms. The molecule has 0 unspecified atom stereocenters. The summed E-state index contributed by atoms with van der Waals surface area (Å²) in [7, 11) is 0. The van der Waals surface area contributed by atoms with Crippen molar-refractivity contribution in [2.45, 2.75) is 6.54 Å². The van der Waals surface area contributed by atoms with Gasteiger partial charge >= 0.3 is 5.97 Å². The van der Waals surface area contributed by atoms with Crippen LogP contribution in [0.15, 0.2) is 24.4 Å². The lowest BCUT2D eigenvalue weighted by Crippen LogP contribution is -2.37. The molecule has 1 aliphatic heterocycles. The minimum absolute atomic E-state index is 0.291. The third-order valence-corrected chi connectivity index (χ3v) is 4.69. The van der Waals surface area contributed by atoms with E-state index >= 15 is 0 Å². The van der Waals surface area contributed by atoms with Gasteiger partial charge in [0.05, 0.1) is 36.7 Å². The maximum atomic E-state index is 11.6. The zero-order valence-electron chi connectivity index (χ0n) is 12.3. The van der Waals surface area contributed by atoms with Crippen LogP contribution >= 0.6 is 22.9 Å². The minimum atomic E-state index is -0.934. The lowest BCUT2D eigenvalue weighted by atomic mass is 10.1. The van der Waals surface area contributed by atoms with Crippen LogP contribution in [-0.2, 0) is 11.3 Å². The van der Waals surface area contributed by atoms with Gasteiger partial charge in [-0.3, -0.25) is 0 Å². The second-order valence-electron chi connectivity index (χ2n) is 5.04. The van der Waals surface area contributed by atoms with E-state index in [1.807, 2.05) is 6.07 Å². The number of hydrogen-bond acceptors (Lipinski definition) is 6. The number of carbonyl (C=O) groups is 1. The number of carboxylic acid groups (broad SMARTS) is 1. The van der Waals surface area contributed by atoms with Crippen LogP contribution in [0.4, 0.5) is 11.4 Å². The molecule has 3 rings (SSSR count). The highest BCUT2D eigenvalue weighted by atomic mass is 35.5. The van der Waals surface area contributed by atoms with Crippen LogP contribution in [-0.4, -0.2) is 42.4 Å².